The van der Waals surface area contributed by atoms with Gasteiger partial charge in [0.1, 0.15) is 18.0 Å². The molecule has 3 rings (SSSR count). The predicted molar refractivity (Wildman–Crippen MR) is 100 cm³/mol. The van der Waals surface area contributed by atoms with Gasteiger partial charge in [-0.25, -0.2) is 9.97 Å². The molecule has 26 heavy (non-hydrogen) atoms. The summed E-state index contributed by atoms with van der Waals surface area (Å²) < 4.78 is 0. The molecule has 0 radical (unpaired) electrons. The van der Waals surface area contributed by atoms with E-state index < -0.39 is 0 Å². The molecule has 1 unspecified atom stereocenters. The van der Waals surface area contributed by atoms with E-state index in [-0.39, 0.29) is 11.9 Å². The largest absolute Gasteiger partial charge is 0.363 e. The van der Waals surface area contributed by atoms with Gasteiger partial charge >= 0.3 is 0 Å². The van der Waals surface area contributed by atoms with Gasteiger partial charge < -0.3 is 15.1 Å². The van der Waals surface area contributed by atoms with Gasteiger partial charge in [0.05, 0.1) is 11.6 Å². The minimum absolute atomic E-state index is 0.0599. The molecule has 134 valence electrons. The maximum Gasteiger partial charge on any atom is 0.251 e. The first-order valence-electron chi connectivity index (χ1n) is 8.62. The number of rotatable bonds is 4. The number of aromatic nitrogens is 2. The van der Waals surface area contributed by atoms with Gasteiger partial charge in [0.15, 0.2) is 0 Å². The number of anilines is 2. The minimum atomic E-state index is -0.113. The molecule has 7 nitrogen and oxygen atoms in total. The molecule has 1 atom stereocenters. The highest BCUT2D eigenvalue weighted by molar-refractivity contribution is 5.94. The van der Waals surface area contributed by atoms with Crippen molar-refractivity contribution in [1.29, 1.82) is 5.26 Å². The Hall–Kier alpha value is -3.14. The van der Waals surface area contributed by atoms with Crippen molar-refractivity contribution in [2.24, 2.45) is 0 Å². The molecule has 1 fully saturated rings. The fourth-order valence-corrected chi connectivity index (χ4v) is 3.02. The molecule has 1 saturated heterocycles. The fraction of sp³-hybridized carbons (Fsp3) is 0.368. The van der Waals surface area contributed by atoms with Gasteiger partial charge in [0.25, 0.3) is 5.91 Å². The topological polar surface area (TPSA) is 85.1 Å². The van der Waals surface area contributed by atoms with Gasteiger partial charge in [-0.05, 0) is 37.1 Å². The Morgan fingerprint density at radius 2 is 2.08 bits per heavy atom. The van der Waals surface area contributed by atoms with Crippen LogP contribution in [0.5, 0.6) is 0 Å². The summed E-state index contributed by atoms with van der Waals surface area (Å²) in [5, 5.41) is 11.9. The van der Waals surface area contributed by atoms with E-state index in [0.29, 0.717) is 17.7 Å². The lowest BCUT2D eigenvalue weighted by Crippen LogP contribution is -2.48. The first-order chi connectivity index (χ1) is 12.6. The van der Waals surface area contributed by atoms with Crippen LogP contribution in [0, 0.1) is 11.3 Å². The lowest BCUT2D eigenvalue weighted by molar-refractivity contribution is 0.0933. The number of hydrogen-bond acceptors (Lipinski definition) is 6. The summed E-state index contributed by atoms with van der Waals surface area (Å²) in [6.45, 7) is 1.62. The Morgan fingerprint density at radius 1 is 1.31 bits per heavy atom. The molecule has 0 spiro atoms. The summed E-state index contributed by atoms with van der Waals surface area (Å²) in [4.78, 5) is 25.2. The van der Waals surface area contributed by atoms with Crippen LogP contribution in [0.4, 0.5) is 11.6 Å². The third-order valence-corrected chi connectivity index (χ3v) is 4.45. The predicted octanol–water partition coefficient (Wildman–Crippen LogP) is 1.81. The number of nitrogens with one attached hydrogen (secondary N) is 1. The van der Waals surface area contributed by atoms with Crippen LogP contribution < -0.4 is 15.1 Å². The SMILES string of the molecule is CN(C)c1cc(N2CCCC(NC(=O)c3ccc(C#N)cc3)C2)ncn1. The van der Waals surface area contributed by atoms with E-state index in [1.807, 2.05) is 25.1 Å². The average Bonchev–Trinajstić information content (AvgIpc) is 2.68. The van der Waals surface area contributed by atoms with Crippen LogP contribution >= 0.6 is 0 Å². The smallest absolute Gasteiger partial charge is 0.251 e. The number of carbonyl (C=O) groups excluding carboxylic acids is 1. The number of nitriles is 1. The molecule has 2 aromatic rings. The van der Waals surface area contributed by atoms with Crippen molar-refractivity contribution in [1.82, 2.24) is 15.3 Å². The average molecular weight is 350 g/mol. The van der Waals surface area contributed by atoms with Crippen LogP contribution in [0.2, 0.25) is 0 Å². The number of carbonyl (C=O) groups is 1. The maximum atomic E-state index is 12.5. The second kappa shape index (κ2) is 7.83. The number of benzene rings is 1. The first-order valence-corrected chi connectivity index (χ1v) is 8.62. The van der Waals surface area contributed by atoms with E-state index >= 15 is 0 Å². The summed E-state index contributed by atoms with van der Waals surface area (Å²) in [5.74, 6) is 1.62. The van der Waals surface area contributed by atoms with Crippen molar-refractivity contribution < 1.29 is 4.79 Å². The lowest BCUT2D eigenvalue weighted by Gasteiger charge is -2.34. The molecule has 7 heteroatoms. The van der Waals surface area contributed by atoms with Crippen LogP contribution in [0.25, 0.3) is 0 Å². The summed E-state index contributed by atoms with van der Waals surface area (Å²) in [7, 11) is 3.89. The van der Waals surface area contributed by atoms with E-state index in [4.69, 9.17) is 5.26 Å². The summed E-state index contributed by atoms with van der Waals surface area (Å²) in [5.41, 5.74) is 1.11. The minimum Gasteiger partial charge on any atom is -0.363 e. The molecule has 1 aliphatic heterocycles. The number of nitrogens with zero attached hydrogens (tertiary/aromatic N) is 5. The Labute approximate surface area is 153 Å². The van der Waals surface area contributed by atoms with Crippen LogP contribution in [0.15, 0.2) is 36.7 Å². The molecular weight excluding hydrogens is 328 g/mol. The van der Waals surface area contributed by atoms with Crippen molar-refractivity contribution in [2.45, 2.75) is 18.9 Å². The van der Waals surface area contributed by atoms with Crippen LogP contribution in [0.3, 0.4) is 0 Å². The summed E-state index contributed by atoms with van der Waals surface area (Å²) in [6, 6.07) is 10.8. The fourth-order valence-electron chi connectivity index (χ4n) is 3.02. The highest BCUT2D eigenvalue weighted by Gasteiger charge is 2.23. The van der Waals surface area contributed by atoms with Gasteiger partial charge in [0, 0.05) is 44.9 Å². The van der Waals surface area contributed by atoms with Crippen molar-refractivity contribution >= 4 is 17.5 Å². The third-order valence-electron chi connectivity index (χ3n) is 4.45. The Balaban J connectivity index is 1.65. The highest BCUT2D eigenvalue weighted by Crippen LogP contribution is 2.20. The summed E-state index contributed by atoms with van der Waals surface area (Å²) >= 11 is 0. The van der Waals surface area contributed by atoms with E-state index in [0.717, 1.165) is 31.0 Å². The Kier molecular flexibility index (Phi) is 5.32. The van der Waals surface area contributed by atoms with Gasteiger partial charge in [0.2, 0.25) is 0 Å². The molecule has 0 saturated carbocycles. The molecule has 1 aromatic carbocycles. The number of piperidine rings is 1. The molecule has 0 bridgehead atoms. The second-order valence-corrected chi connectivity index (χ2v) is 6.58. The lowest BCUT2D eigenvalue weighted by atomic mass is 10.0. The van der Waals surface area contributed by atoms with Crippen LogP contribution in [0.1, 0.15) is 28.8 Å². The van der Waals surface area contributed by atoms with E-state index in [2.05, 4.69) is 26.3 Å². The Bertz CT molecular complexity index is 812. The quantitative estimate of drug-likeness (QED) is 0.905. The Morgan fingerprint density at radius 3 is 2.77 bits per heavy atom. The highest BCUT2D eigenvalue weighted by atomic mass is 16.1. The molecule has 2 heterocycles. The van der Waals surface area contributed by atoms with Crippen molar-refractivity contribution in [3.8, 4) is 6.07 Å². The van der Waals surface area contributed by atoms with Crippen molar-refractivity contribution in [3.63, 3.8) is 0 Å². The zero-order valence-electron chi connectivity index (χ0n) is 15.0. The van der Waals surface area contributed by atoms with Gasteiger partial charge in [-0.3, -0.25) is 4.79 Å². The van der Waals surface area contributed by atoms with Gasteiger partial charge in [-0.15, -0.1) is 0 Å². The molecule has 0 aliphatic carbocycles. The van der Waals surface area contributed by atoms with E-state index in [1.54, 1.807) is 30.6 Å². The number of amides is 1. The van der Waals surface area contributed by atoms with E-state index in [1.165, 1.54) is 0 Å². The first kappa shape index (κ1) is 17.7. The van der Waals surface area contributed by atoms with Crippen LogP contribution in [-0.2, 0) is 0 Å². The standard InChI is InChI=1S/C19H22N6O/c1-24(2)17-10-18(22-13-21-17)25-9-3-4-16(12-25)23-19(26)15-7-5-14(11-20)6-8-15/h5-8,10,13,16H,3-4,9,12H2,1-2H3,(H,23,26). The number of hydrogen-bond donors (Lipinski definition) is 1. The maximum absolute atomic E-state index is 12.5. The molecular formula is C19H22N6O. The second-order valence-electron chi connectivity index (χ2n) is 6.58. The van der Waals surface area contributed by atoms with Gasteiger partial charge in [-0.1, -0.05) is 0 Å². The van der Waals surface area contributed by atoms with E-state index in [9.17, 15) is 4.79 Å². The molecule has 1 amide bonds. The zero-order chi connectivity index (χ0) is 18.5. The zero-order valence-corrected chi connectivity index (χ0v) is 15.0. The molecule has 1 N–H and O–H groups in total. The van der Waals surface area contributed by atoms with Crippen molar-refractivity contribution in [2.75, 3.05) is 37.0 Å². The summed E-state index contributed by atoms with van der Waals surface area (Å²) in [6.07, 6.45) is 3.49. The molecule has 1 aliphatic rings. The normalized spacial score (nSPS) is 16.7. The molecule has 1 aromatic heterocycles. The van der Waals surface area contributed by atoms with Crippen LogP contribution in [-0.4, -0.2) is 49.1 Å². The van der Waals surface area contributed by atoms with Crippen molar-refractivity contribution in [3.05, 3.63) is 47.8 Å². The monoisotopic (exact) mass is 350 g/mol. The third kappa shape index (κ3) is 4.09. The van der Waals surface area contributed by atoms with Gasteiger partial charge in [-0.2, -0.15) is 5.26 Å².